The van der Waals surface area contributed by atoms with Crippen molar-refractivity contribution in [2.45, 2.75) is 0 Å². The van der Waals surface area contributed by atoms with E-state index in [1.807, 2.05) is 23.1 Å². The van der Waals surface area contributed by atoms with E-state index in [1.54, 1.807) is 19.4 Å². The highest BCUT2D eigenvalue weighted by Gasteiger charge is 2.21. The Morgan fingerprint density at radius 2 is 2.10 bits per heavy atom. The number of aromatic nitrogens is 1. The minimum absolute atomic E-state index is 0.0317. The number of hydrogen-bond acceptors (Lipinski definition) is 4. The zero-order chi connectivity index (χ0) is 14.8. The number of nitrogens with zero attached hydrogens (tertiary/aromatic N) is 2. The van der Waals surface area contributed by atoms with Crippen LogP contribution in [0.15, 0.2) is 30.5 Å². The molecule has 1 aliphatic rings. The normalized spacial score (nSPS) is 16.1. The fourth-order valence-electron chi connectivity index (χ4n) is 2.47. The fourth-order valence-corrected chi connectivity index (χ4v) is 3.56. The Bertz CT molecular complexity index is 707. The molecule has 0 atom stereocenters. The zero-order valence-corrected chi connectivity index (χ0v) is 12.7. The molecule has 1 saturated heterocycles. The van der Waals surface area contributed by atoms with Gasteiger partial charge in [-0.2, -0.15) is 0 Å². The van der Waals surface area contributed by atoms with Crippen LogP contribution in [0.3, 0.4) is 0 Å². The molecule has 0 unspecified atom stereocenters. The van der Waals surface area contributed by atoms with E-state index >= 15 is 0 Å². The first kappa shape index (κ1) is 14.0. The third-order valence-electron chi connectivity index (χ3n) is 3.68. The molecule has 0 spiro atoms. The quantitative estimate of drug-likeness (QED) is 0.923. The van der Waals surface area contributed by atoms with E-state index < -0.39 is 0 Å². The first-order valence-corrected chi connectivity index (χ1v) is 8.36. The van der Waals surface area contributed by atoms with Crippen LogP contribution in [-0.4, -0.2) is 47.5 Å². The minimum Gasteiger partial charge on any atom is -0.497 e. The maximum absolute atomic E-state index is 12.7. The van der Waals surface area contributed by atoms with Gasteiger partial charge in [0, 0.05) is 42.2 Å². The molecule has 2 heterocycles. The minimum atomic E-state index is -0.288. The molecule has 1 amide bonds. The van der Waals surface area contributed by atoms with Crippen molar-refractivity contribution in [3.63, 3.8) is 0 Å². The Labute approximate surface area is 125 Å². The molecule has 0 saturated carbocycles. The van der Waals surface area contributed by atoms with E-state index in [0.29, 0.717) is 18.7 Å². The number of amides is 1. The molecule has 6 heteroatoms. The Morgan fingerprint density at radius 3 is 2.81 bits per heavy atom. The number of rotatable bonds is 2. The monoisotopic (exact) mass is 303 g/mol. The van der Waals surface area contributed by atoms with E-state index in [-0.39, 0.29) is 16.6 Å². The Kier molecular flexibility index (Phi) is 3.88. The van der Waals surface area contributed by atoms with Crippen LogP contribution in [0.4, 0.5) is 0 Å². The summed E-state index contributed by atoms with van der Waals surface area (Å²) in [5, 5.41) is 0.846. The number of ether oxygens (including phenoxy) is 1. The molecule has 0 radical (unpaired) electrons. The lowest BCUT2D eigenvalue weighted by Crippen LogP contribution is -2.41. The molecule has 110 valence electrons. The summed E-state index contributed by atoms with van der Waals surface area (Å²) in [5.41, 5.74) is 1.44. The smallest absolute Gasteiger partial charge is 0.254 e. The molecule has 21 heavy (non-hydrogen) atoms. The number of hydrogen-bond donors (Lipinski definition) is 1. The summed E-state index contributed by atoms with van der Waals surface area (Å²) in [6.45, 7) is 1.34. The third kappa shape index (κ3) is 2.76. The summed E-state index contributed by atoms with van der Waals surface area (Å²) in [5.74, 6) is 2.32. The number of carbonyl (C=O) groups is 1. The van der Waals surface area contributed by atoms with Crippen LogP contribution in [0.25, 0.3) is 10.9 Å². The van der Waals surface area contributed by atoms with E-state index in [1.165, 1.54) is 0 Å². The van der Waals surface area contributed by atoms with Crippen molar-refractivity contribution in [2.75, 3.05) is 31.7 Å². The van der Waals surface area contributed by atoms with Crippen LogP contribution in [0.2, 0.25) is 0 Å². The lowest BCUT2D eigenvalue weighted by Gasteiger charge is -2.28. The molecule has 1 N–H and O–H groups in total. The first-order valence-electron chi connectivity index (χ1n) is 6.80. The highest BCUT2D eigenvalue weighted by molar-refractivity contribution is 7.86. The number of pyridine rings is 1. The molecule has 1 fully saturated rings. The SMILES string of the molecule is COc1ccc2c(C(=O)N3CCS(=N)CC3)ccnc2c1. The van der Waals surface area contributed by atoms with Gasteiger partial charge in [0.25, 0.3) is 5.91 Å². The number of benzene rings is 1. The summed E-state index contributed by atoms with van der Waals surface area (Å²) in [6.07, 6.45) is 1.66. The Morgan fingerprint density at radius 1 is 1.33 bits per heavy atom. The van der Waals surface area contributed by atoms with Crippen LogP contribution in [0.5, 0.6) is 5.75 Å². The second-order valence-corrected chi connectivity index (χ2v) is 6.74. The third-order valence-corrected chi connectivity index (χ3v) is 5.03. The fraction of sp³-hybridized carbons (Fsp3) is 0.333. The van der Waals surface area contributed by atoms with Crippen LogP contribution in [0, 0.1) is 4.78 Å². The van der Waals surface area contributed by atoms with Gasteiger partial charge in [-0.05, 0) is 18.2 Å². The van der Waals surface area contributed by atoms with Gasteiger partial charge in [0.05, 0.1) is 18.2 Å². The lowest BCUT2D eigenvalue weighted by molar-refractivity contribution is 0.0773. The highest BCUT2D eigenvalue weighted by Crippen LogP contribution is 2.23. The maximum atomic E-state index is 12.7. The van der Waals surface area contributed by atoms with Crippen molar-refractivity contribution in [2.24, 2.45) is 0 Å². The van der Waals surface area contributed by atoms with Gasteiger partial charge < -0.3 is 9.64 Å². The van der Waals surface area contributed by atoms with Crippen LogP contribution < -0.4 is 4.74 Å². The number of nitrogens with one attached hydrogen (secondary N) is 1. The summed E-state index contributed by atoms with van der Waals surface area (Å²) >= 11 is 0. The lowest BCUT2D eigenvalue weighted by atomic mass is 10.1. The van der Waals surface area contributed by atoms with Crippen molar-refractivity contribution in [1.29, 1.82) is 4.78 Å². The molecule has 5 nitrogen and oxygen atoms in total. The molecule has 1 aromatic carbocycles. The van der Waals surface area contributed by atoms with Gasteiger partial charge in [0.2, 0.25) is 0 Å². The van der Waals surface area contributed by atoms with E-state index in [9.17, 15) is 4.79 Å². The van der Waals surface area contributed by atoms with Gasteiger partial charge in [-0.15, -0.1) is 10.7 Å². The number of carbonyl (C=O) groups excluding carboxylic acids is 1. The largest absolute Gasteiger partial charge is 0.497 e. The Balaban J connectivity index is 1.96. The maximum Gasteiger partial charge on any atom is 0.254 e. The van der Waals surface area contributed by atoms with E-state index in [2.05, 4.69) is 4.98 Å². The molecule has 2 aromatic rings. The van der Waals surface area contributed by atoms with Crippen molar-refractivity contribution in [3.05, 3.63) is 36.0 Å². The number of methoxy groups -OCH3 is 1. The predicted octanol–water partition coefficient (Wildman–Crippen LogP) is 2.08. The van der Waals surface area contributed by atoms with Gasteiger partial charge >= 0.3 is 0 Å². The van der Waals surface area contributed by atoms with Crippen molar-refractivity contribution in [1.82, 2.24) is 9.88 Å². The van der Waals surface area contributed by atoms with Crippen molar-refractivity contribution >= 4 is 27.5 Å². The van der Waals surface area contributed by atoms with Crippen molar-refractivity contribution < 1.29 is 9.53 Å². The number of fused-ring (bicyclic) bond motifs is 1. The second-order valence-electron chi connectivity index (χ2n) is 4.93. The molecular formula is C15H17N3O2S. The Hall–Kier alpha value is -1.95. The predicted molar refractivity (Wildman–Crippen MR) is 84.0 cm³/mol. The molecule has 3 rings (SSSR count). The van der Waals surface area contributed by atoms with Crippen LogP contribution in [0.1, 0.15) is 10.4 Å². The van der Waals surface area contributed by atoms with Crippen LogP contribution in [-0.2, 0) is 10.7 Å². The van der Waals surface area contributed by atoms with Crippen LogP contribution >= 0.6 is 0 Å². The average molecular weight is 303 g/mol. The molecule has 1 aromatic heterocycles. The summed E-state index contributed by atoms with van der Waals surface area (Å²) in [6, 6.07) is 7.33. The highest BCUT2D eigenvalue weighted by atomic mass is 32.2. The van der Waals surface area contributed by atoms with Crippen molar-refractivity contribution in [3.8, 4) is 5.75 Å². The van der Waals surface area contributed by atoms with Gasteiger partial charge in [-0.3, -0.25) is 14.6 Å². The van der Waals surface area contributed by atoms with Gasteiger partial charge in [-0.1, -0.05) is 0 Å². The zero-order valence-electron chi connectivity index (χ0n) is 11.8. The van der Waals surface area contributed by atoms with Gasteiger partial charge in [-0.25, -0.2) is 0 Å². The standard InChI is InChI=1S/C15H17N3O2S/c1-20-11-2-3-12-13(4-5-17-14(12)10-11)15(19)18-6-8-21(16)9-7-18/h2-5,10,16H,6-9H2,1H3. The summed E-state index contributed by atoms with van der Waals surface area (Å²) < 4.78 is 12.9. The second kappa shape index (κ2) is 5.81. The summed E-state index contributed by atoms with van der Waals surface area (Å²) in [7, 11) is 1.32. The van der Waals surface area contributed by atoms with E-state index in [0.717, 1.165) is 28.2 Å². The van der Waals surface area contributed by atoms with Gasteiger partial charge in [0.15, 0.2) is 0 Å². The molecule has 0 bridgehead atoms. The van der Waals surface area contributed by atoms with E-state index in [4.69, 9.17) is 9.52 Å². The molecule has 1 aliphatic heterocycles. The van der Waals surface area contributed by atoms with Gasteiger partial charge in [0.1, 0.15) is 5.75 Å². The molecular weight excluding hydrogens is 286 g/mol. The topological polar surface area (TPSA) is 66.3 Å². The molecule has 0 aliphatic carbocycles. The first-order chi connectivity index (χ1) is 10.2. The summed E-state index contributed by atoms with van der Waals surface area (Å²) in [4.78, 5) is 18.8. The average Bonchev–Trinajstić information content (AvgIpc) is 2.53.